The van der Waals surface area contributed by atoms with E-state index in [9.17, 15) is 4.79 Å². The molecule has 1 aromatic carbocycles. The van der Waals surface area contributed by atoms with Gasteiger partial charge >= 0.3 is 0 Å². The van der Waals surface area contributed by atoms with Crippen LogP contribution in [0.15, 0.2) is 18.2 Å². The number of rotatable bonds is 0. The van der Waals surface area contributed by atoms with Crippen molar-refractivity contribution in [2.75, 3.05) is 11.9 Å². The molecule has 0 atom stereocenters. The lowest BCUT2D eigenvalue weighted by molar-refractivity contribution is -0.132. The monoisotopic (exact) mass is 217 g/mol. The minimum Gasteiger partial charge on any atom is -0.490 e. The van der Waals surface area contributed by atoms with E-state index in [-0.39, 0.29) is 11.3 Å². The second kappa shape index (κ2) is 3.24. The average Bonchev–Trinajstić information content (AvgIpc) is 2.33. The Kier molecular flexibility index (Phi) is 1.96. The summed E-state index contributed by atoms with van der Waals surface area (Å²) >= 11 is 0. The summed E-state index contributed by atoms with van der Waals surface area (Å²) in [5.74, 6) is 0.929. The number of hydrogen-bond donors (Lipinski definition) is 1. The Morgan fingerprint density at radius 3 is 2.88 bits per heavy atom. The summed E-state index contributed by atoms with van der Waals surface area (Å²) in [5, 5.41) is 2.98. The van der Waals surface area contributed by atoms with Gasteiger partial charge < -0.3 is 10.1 Å². The number of nitrogens with one attached hydrogen (secondary N) is 1. The van der Waals surface area contributed by atoms with E-state index in [0.29, 0.717) is 6.61 Å². The summed E-state index contributed by atoms with van der Waals surface area (Å²) < 4.78 is 5.77. The van der Waals surface area contributed by atoms with E-state index in [0.717, 1.165) is 36.3 Å². The maximum Gasteiger partial charge on any atom is 0.234 e. The van der Waals surface area contributed by atoms with Crippen molar-refractivity contribution in [2.24, 2.45) is 5.41 Å². The molecule has 3 heteroatoms. The smallest absolute Gasteiger partial charge is 0.234 e. The third-order valence-corrected chi connectivity index (χ3v) is 3.68. The predicted octanol–water partition coefficient (Wildman–Crippen LogP) is 2.50. The van der Waals surface area contributed by atoms with Crippen molar-refractivity contribution in [1.82, 2.24) is 0 Å². The summed E-state index contributed by atoms with van der Waals surface area (Å²) in [6, 6.07) is 5.88. The fourth-order valence-corrected chi connectivity index (χ4v) is 2.36. The maximum absolute atomic E-state index is 12.1. The van der Waals surface area contributed by atoms with Gasteiger partial charge in [0, 0.05) is 0 Å². The third kappa shape index (κ3) is 1.31. The molecule has 0 aromatic heterocycles. The van der Waals surface area contributed by atoms with Gasteiger partial charge in [0.25, 0.3) is 0 Å². The molecule has 0 unspecified atom stereocenters. The van der Waals surface area contributed by atoms with E-state index >= 15 is 0 Å². The molecule has 1 aliphatic heterocycles. The van der Waals surface area contributed by atoms with Crippen LogP contribution in [0.5, 0.6) is 5.75 Å². The molecule has 1 amide bonds. The van der Waals surface area contributed by atoms with E-state index in [2.05, 4.69) is 5.32 Å². The largest absolute Gasteiger partial charge is 0.490 e. The van der Waals surface area contributed by atoms with Gasteiger partial charge in [-0.3, -0.25) is 4.79 Å². The van der Waals surface area contributed by atoms with Gasteiger partial charge in [-0.2, -0.15) is 0 Å². The topological polar surface area (TPSA) is 38.3 Å². The maximum atomic E-state index is 12.1. The highest BCUT2D eigenvalue weighted by Crippen LogP contribution is 2.45. The highest BCUT2D eigenvalue weighted by Gasteiger charge is 2.46. The van der Waals surface area contributed by atoms with E-state index in [1.54, 1.807) is 0 Å². The number of aryl methyl sites for hydroxylation is 1. The minimum atomic E-state index is -0.257. The van der Waals surface area contributed by atoms with E-state index in [1.165, 1.54) is 0 Å². The fourth-order valence-electron chi connectivity index (χ4n) is 2.36. The normalized spacial score (nSPS) is 21.4. The Hall–Kier alpha value is -1.51. The first-order chi connectivity index (χ1) is 7.70. The Morgan fingerprint density at radius 1 is 1.38 bits per heavy atom. The average molecular weight is 217 g/mol. The van der Waals surface area contributed by atoms with Gasteiger partial charge in [0.15, 0.2) is 0 Å². The van der Waals surface area contributed by atoms with Gasteiger partial charge in [-0.15, -0.1) is 0 Å². The zero-order chi connectivity index (χ0) is 11.2. The van der Waals surface area contributed by atoms with Crippen molar-refractivity contribution >= 4 is 11.6 Å². The number of hydrogen-bond acceptors (Lipinski definition) is 2. The lowest BCUT2D eigenvalue weighted by Crippen LogP contribution is -2.45. The van der Waals surface area contributed by atoms with Gasteiger partial charge in [0.2, 0.25) is 5.91 Å². The molecule has 1 spiro atoms. The van der Waals surface area contributed by atoms with Crippen LogP contribution >= 0.6 is 0 Å². The quantitative estimate of drug-likeness (QED) is 0.725. The van der Waals surface area contributed by atoms with E-state index in [4.69, 9.17) is 4.74 Å². The highest BCUT2D eigenvalue weighted by atomic mass is 16.5. The van der Waals surface area contributed by atoms with Crippen molar-refractivity contribution in [1.29, 1.82) is 0 Å². The second-order valence-electron chi connectivity index (χ2n) is 4.88. The van der Waals surface area contributed by atoms with Gasteiger partial charge in [0.05, 0.1) is 11.1 Å². The number of fused-ring (bicyclic) bond motifs is 1. The molecule has 84 valence electrons. The predicted molar refractivity (Wildman–Crippen MR) is 61.6 cm³/mol. The lowest BCUT2D eigenvalue weighted by Gasteiger charge is -2.37. The lowest BCUT2D eigenvalue weighted by atomic mass is 9.69. The Labute approximate surface area is 94.8 Å². The molecule has 3 rings (SSSR count). The SMILES string of the molecule is Cc1ccc2c(c1)OCC1(CCC1)C(=O)N2. The molecule has 1 fully saturated rings. The highest BCUT2D eigenvalue weighted by molar-refractivity contribution is 5.98. The Balaban J connectivity index is 1.96. The molecule has 2 aliphatic rings. The molecule has 3 nitrogen and oxygen atoms in total. The third-order valence-electron chi connectivity index (χ3n) is 3.68. The molecule has 1 aromatic rings. The van der Waals surface area contributed by atoms with Crippen LogP contribution in [0.4, 0.5) is 5.69 Å². The molecule has 0 bridgehead atoms. The van der Waals surface area contributed by atoms with Crippen molar-refractivity contribution in [2.45, 2.75) is 26.2 Å². The molecule has 1 N–H and O–H groups in total. The van der Waals surface area contributed by atoms with Crippen molar-refractivity contribution in [3.8, 4) is 5.75 Å². The zero-order valence-electron chi connectivity index (χ0n) is 9.38. The van der Waals surface area contributed by atoms with Crippen LogP contribution in [0, 0.1) is 12.3 Å². The number of carbonyl (C=O) groups excluding carboxylic acids is 1. The van der Waals surface area contributed by atoms with Crippen LogP contribution in [0.1, 0.15) is 24.8 Å². The van der Waals surface area contributed by atoms with E-state index in [1.807, 2.05) is 25.1 Å². The molecular weight excluding hydrogens is 202 g/mol. The minimum absolute atomic E-state index is 0.126. The standard InChI is InChI=1S/C13H15NO2/c1-9-3-4-10-11(7-9)16-8-13(5-2-6-13)12(15)14-10/h3-4,7H,2,5-6,8H2,1H3,(H,14,15). The molecule has 0 radical (unpaired) electrons. The summed E-state index contributed by atoms with van der Waals surface area (Å²) in [6.07, 6.45) is 3.03. The summed E-state index contributed by atoms with van der Waals surface area (Å²) in [6.45, 7) is 2.55. The van der Waals surface area contributed by atoms with Crippen molar-refractivity contribution in [3.63, 3.8) is 0 Å². The van der Waals surface area contributed by atoms with Crippen LogP contribution in [-0.2, 0) is 4.79 Å². The van der Waals surface area contributed by atoms with Crippen molar-refractivity contribution < 1.29 is 9.53 Å². The number of benzene rings is 1. The Bertz CT molecular complexity index is 449. The first-order valence-corrected chi connectivity index (χ1v) is 5.75. The van der Waals surface area contributed by atoms with Crippen LogP contribution in [0.2, 0.25) is 0 Å². The van der Waals surface area contributed by atoms with Gasteiger partial charge in [-0.05, 0) is 37.5 Å². The molecule has 16 heavy (non-hydrogen) atoms. The molecular formula is C13H15NO2. The number of ether oxygens (including phenoxy) is 1. The van der Waals surface area contributed by atoms with Crippen LogP contribution in [-0.4, -0.2) is 12.5 Å². The number of carbonyl (C=O) groups is 1. The van der Waals surface area contributed by atoms with Crippen molar-refractivity contribution in [3.05, 3.63) is 23.8 Å². The van der Waals surface area contributed by atoms with E-state index < -0.39 is 0 Å². The molecule has 0 saturated heterocycles. The fraction of sp³-hybridized carbons (Fsp3) is 0.462. The summed E-state index contributed by atoms with van der Waals surface area (Å²) in [5.41, 5.74) is 1.70. The second-order valence-corrected chi connectivity index (χ2v) is 4.88. The molecule has 1 aliphatic carbocycles. The zero-order valence-corrected chi connectivity index (χ0v) is 9.38. The van der Waals surface area contributed by atoms with Gasteiger partial charge in [-0.1, -0.05) is 12.5 Å². The molecule has 1 heterocycles. The number of amides is 1. The van der Waals surface area contributed by atoms with Crippen LogP contribution in [0.3, 0.4) is 0 Å². The summed E-state index contributed by atoms with van der Waals surface area (Å²) in [7, 11) is 0. The summed E-state index contributed by atoms with van der Waals surface area (Å²) in [4.78, 5) is 12.1. The first-order valence-electron chi connectivity index (χ1n) is 5.75. The molecule has 1 saturated carbocycles. The number of anilines is 1. The van der Waals surface area contributed by atoms with Crippen LogP contribution < -0.4 is 10.1 Å². The Morgan fingerprint density at radius 2 is 2.19 bits per heavy atom. The first kappa shape index (κ1) is 9.70. The van der Waals surface area contributed by atoms with Gasteiger partial charge in [-0.25, -0.2) is 0 Å². The van der Waals surface area contributed by atoms with Gasteiger partial charge in [0.1, 0.15) is 12.4 Å². The van der Waals surface area contributed by atoms with Crippen LogP contribution in [0.25, 0.3) is 0 Å².